The zero-order valence-electron chi connectivity index (χ0n) is 11.7. The van der Waals surface area contributed by atoms with Crippen molar-refractivity contribution in [1.29, 1.82) is 0 Å². The molecule has 0 spiro atoms. The molecule has 0 radical (unpaired) electrons. The van der Waals surface area contributed by atoms with Crippen molar-refractivity contribution >= 4 is 9.84 Å². The second-order valence-electron chi connectivity index (χ2n) is 6.08. The minimum absolute atomic E-state index is 0.108. The lowest BCUT2D eigenvalue weighted by atomic mass is 10.1. The predicted molar refractivity (Wildman–Crippen MR) is 71.9 cm³/mol. The molecule has 0 amide bonds. The van der Waals surface area contributed by atoms with Crippen LogP contribution in [0.1, 0.15) is 41.0 Å². The lowest BCUT2D eigenvalue weighted by Crippen LogP contribution is -2.43. The average Bonchev–Trinajstić information content (AvgIpc) is 2.10. The second kappa shape index (κ2) is 6.71. The first-order valence-corrected chi connectivity index (χ1v) is 7.97. The Labute approximate surface area is 106 Å². The van der Waals surface area contributed by atoms with Crippen LogP contribution in [0.15, 0.2) is 0 Å². The summed E-state index contributed by atoms with van der Waals surface area (Å²) in [6, 6.07) is 0. The van der Waals surface area contributed by atoms with Gasteiger partial charge in [0, 0.05) is 12.1 Å². The molecule has 17 heavy (non-hydrogen) atoms. The first kappa shape index (κ1) is 16.9. The topological polar surface area (TPSA) is 66.4 Å². The molecular weight excluding hydrogens is 238 g/mol. The molecule has 1 unspecified atom stereocenters. The van der Waals surface area contributed by atoms with E-state index >= 15 is 0 Å². The van der Waals surface area contributed by atoms with Gasteiger partial charge in [0.2, 0.25) is 0 Å². The van der Waals surface area contributed by atoms with Gasteiger partial charge in [-0.25, -0.2) is 8.42 Å². The molecule has 0 aromatic carbocycles. The van der Waals surface area contributed by atoms with E-state index < -0.39 is 15.9 Å². The van der Waals surface area contributed by atoms with E-state index in [-0.39, 0.29) is 17.0 Å². The third-order valence-electron chi connectivity index (χ3n) is 2.32. The highest BCUT2D eigenvalue weighted by Crippen LogP contribution is 2.05. The summed E-state index contributed by atoms with van der Waals surface area (Å²) in [5, 5.41) is 12.8. The van der Waals surface area contributed by atoms with Gasteiger partial charge < -0.3 is 10.4 Å². The number of rotatable bonds is 7. The Bertz CT molecular complexity index is 304. The first-order chi connectivity index (χ1) is 7.52. The Morgan fingerprint density at radius 3 is 2.18 bits per heavy atom. The number of hydrogen-bond acceptors (Lipinski definition) is 4. The Hall–Kier alpha value is -0.130. The molecule has 0 saturated carbocycles. The normalized spacial score (nSPS) is 15.2. The maximum atomic E-state index is 11.7. The van der Waals surface area contributed by atoms with Crippen LogP contribution >= 0.6 is 0 Å². The van der Waals surface area contributed by atoms with Crippen LogP contribution in [0.4, 0.5) is 0 Å². The minimum atomic E-state index is -3.13. The molecule has 0 aliphatic rings. The molecular formula is C12H27NO3S. The third-order valence-corrected chi connectivity index (χ3v) is 4.07. The maximum Gasteiger partial charge on any atom is 0.152 e. The predicted octanol–water partition coefficient (Wildman–Crippen LogP) is 1.20. The van der Waals surface area contributed by atoms with E-state index in [1.165, 1.54) is 0 Å². The van der Waals surface area contributed by atoms with Gasteiger partial charge in [0.25, 0.3) is 0 Å². The fourth-order valence-corrected chi connectivity index (χ4v) is 2.98. The zero-order chi connectivity index (χ0) is 13.7. The van der Waals surface area contributed by atoms with E-state index in [0.717, 1.165) is 0 Å². The van der Waals surface area contributed by atoms with Gasteiger partial charge >= 0.3 is 0 Å². The van der Waals surface area contributed by atoms with Crippen LogP contribution in [0.5, 0.6) is 0 Å². The fourth-order valence-electron chi connectivity index (χ4n) is 1.27. The molecule has 4 nitrogen and oxygen atoms in total. The number of aliphatic hydroxyl groups excluding tert-OH is 1. The van der Waals surface area contributed by atoms with Gasteiger partial charge in [0.05, 0.1) is 17.6 Å². The van der Waals surface area contributed by atoms with Crippen molar-refractivity contribution in [2.75, 3.05) is 18.1 Å². The lowest BCUT2D eigenvalue weighted by molar-refractivity contribution is 0.181. The highest BCUT2D eigenvalue weighted by molar-refractivity contribution is 7.91. The highest BCUT2D eigenvalue weighted by atomic mass is 32.2. The second-order valence-corrected chi connectivity index (χ2v) is 8.31. The van der Waals surface area contributed by atoms with Crippen LogP contribution in [0, 0.1) is 5.92 Å². The van der Waals surface area contributed by atoms with Gasteiger partial charge in [-0.3, -0.25) is 0 Å². The van der Waals surface area contributed by atoms with Crippen molar-refractivity contribution in [3.05, 3.63) is 0 Å². The summed E-state index contributed by atoms with van der Waals surface area (Å²) >= 11 is 0. The number of sulfone groups is 1. The summed E-state index contributed by atoms with van der Waals surface area (Å²) in [6.45, 7) is 10.2. The highest BCUT2D eigenvalue weighted by Gasteiger charge is 2.19. The molecule has 1 atom stereocenters. The summed E-state index contributed by atoms with van der Waals surface area (Å²) < 4.78 is 23.4. The number of β-amino-alcohol motifs (C(OH)–C–C–N with tert-alkyl or cyclic N) is 1. The Morgan fingerprint density at radius 1 is 1.24 bits per heavy atom. The largest absolute Gasteiger partial charge is 0.391 e. The van der Waals surface area contributed by atoms with Crippen molar-refractivity contribution in [2.45, 2.75) is 52.7 Å². The molecule has 0 saturated heterocycles. The average molecular weight is 265 g/mol. The summed E-state index contributed by atoms with van der Waals surface area (Å²) in [6.07, 6.45) is -0.173. The number of nitrogens with one attached hydrogen (secondary N) is 1. The molecule has 0 aromatic heterocycles. The standard InChI is InChI=1S/C12H27NO3S/c1-10(2)6-7-17(15,16)9-11(14)8-13-12(3,4)5/h10-11,13-14H,6-9H2,1-5H3. The fraction of sp³-hybridized carbons (Fsp3) is 1.00. The summed E-state index contributed by atoms with van der Waals surface area (Å²) in [5.41, 5.74) is -0.108. The first-order valence-electron chi connectivity index (χ1n) is 6.15. The van der Waals surface area contributed by atoms with Gasteiger partial charge in [-0.2, -0.15) is 0 Å². The van der Waals surface area contributed by atoms with Crippen molar-refractivity contribution in [3.63, 3.8) is 0 Å². The van der Waals surface area contributed by atoms with Crippen LogP contribution in [-0.2, 0) is 9.84 Å². The monoisotopic (exact) mass is 265 g/mol. The summed E-state index contributed by atoms with van der Waals surface area (Å²) in [5.74, 6) is 0.384. The van der Waals surface area contributed by atoms with Crippen molar-refractivity contribution in [3.8, 4) is 0 Å². The molecule has 0 aromatic rings. The van der Waals surface area contributed by atoms with Gasteiger partial charge in [0.15, 0.2) is 9.84 Å². The molecule has 0 fully saturated rings. The SMILES string of the molecule is CC(C)CCS(=O)(=O)CC(O)CNC(C)(C)C. The van der Waals surface area contributed by atoms with Crippen molar-refractivity contribution in [2.24, 2.45) is 5.92 Å². The molecule has 0 rings (SSSR count). The minimum Gasteiger partial charge on any atom is -0.391 e. The maximum absolute atomic E-state index is 11.7. The Balaban J connectivity index is 4.06. The Kier molecular flexibility index (Phi) is 6.66. The molecule has 0 heterocycles. The molecule has 0 aliphatic carbocycles. The molecule has 104 valence electrons. The number of hydrogen-bond donors (Lipinski definition) is 2. The third kappa shape index (κ3) is 10.7. The zero-order valence-corrected chi connectivity index (χ0v) is 12.5. The number of aliphatic hydroxyl groups is 1. The van der Waals surface area contributed by atoms with Crippen LogP contribution in [-0.4, -0.2) is 43.2 Å². The van der Waals surface area contributed by atoms with Crippen molar-refractivity contribution in [1.82, 2.24) is 5.32 Å². The van der Waals surface area contributed by atoms with Gasteiger partial charge in [-0.15, -0.1) is 0 Å². The van der Waals surface area contributed by atoms with Crippen molar-refractivity contribution < 1.29 is 13.5 Å². The van der Waals surface area contributed by atoms with Gasteiger partial charge in [-0.05, 0) is 33.1 Å². The van der Waals surface area contributed by atoms with Gasteiger partial charge in [-0.1, -0.05) is 13.8 Å². The van der Waals surface area contributed by atoms with E-state index in [4.69, 9.17) is 0 Å². The van der Waals surface area contributed by atoms with E-state index in [1.54, 1.807) is 0 Å². The Morgan fingerprint density at radius 2 is 1.76 bits per heavy atom. The summed E-state index contributed by atoms with van der Waals surface area (Å²) in [4.78, 5) is 0. The van der Waals surface area contributed by atoms with Crippen LogP contribution < -0.4 is 5.32 Å². The van der Waals surface area contributed by atoms with E-state index in [2.05, 4.69) is 5.32 Å². The van der Waals surface area contributed by atoms with Gasteiger partial charge in [0.1, 0.15) is 0 Å². The molecule has 5 heteroatoms. The lowest BCUT2D eigenvalue weighted by Gasteiger charge is -2.22. The molecule has 0 bridgehead atoms. The molecule has 2 N–H and O–H groups in total. The van der Waals surface area contributed by atoms with E-state index in [1.807, 2.05) is 34.6 Å². The van der Waals surface area contributed by atoms with E-state index in [9.17, 15) is 13.5 Å². The van der Waals surface area contributed by atoms with Crippen LogP contribution in [0.3, 0.4) is 0 Å². The van der Waals surface area contributed by atoms with Crippen LogP contribution in [0.2, 0.25) is 0 Å². The smallest absolute Gasteiger partial charge is 0.152 e. The molecule has 0 aliphatic heterocycles. The quantitative estimate of drug-likeness (QED) is 0.726. The summed E-state index contributed by atoms with van der Waals surface area (Å²) in [7, 11) is -3.13. The van der Waals surface area contributed by atoms with Crippen LogP contribution in [0.25, 0.3) is 0 Å². The van der Waals surface area contributed by atoms with E-state index in [0.29, 0.717) is 18.9 Å².